The lowest BCUT2D eigenvalue weighted by Gasteiger charge is -2.22. The number of unbranched alkanes of at least 4 members (excludes halogenated alkanes) is 4. The van der Waals surface area contributed by atoms with Gasteiger partial charge in [0.1, 0.15) is 12.4 Å². The number of aliphatic hydroxyl groups excluding tert-OH is 1. The van der Waals surface area contributed by atoms with Crippen LogP contribution in [0.2, 0.25) is 0 Å². The Labute approximate surface area is 171 Å². The van der Waals surface area contributed by atoms with Crippen LogP contribution < -0.4 is 0 Å². The molecule has 1 saturated carbocycles. The first-order valence-corrected chi connectivity index (χ1v) is 11.1. The van der Waals surface area contributed by atoms with Gasteiger partial charge in [-0.2, -0.15) is 0 Å². The van der Waals surface area contributed by atoms with Crippen LogP contribution in [0.3, 0.4) is 0 Å². The minimum absolute atomic E-state index is 0.0427. The lowest BCUT2D eigenvalue weighted by atomic mass is 9.89. The Bertz CT molecular complexity index is 519. The highest BCUT2D eigenvalue weighted by atomic mass is 16.3. The first-order valence-electron chi connectivity index (χ1n) is 11.1. The number of hydrogen-bond acceptors (Lipinski definition) is 4. The van der Waals surface area contributed by atoms with E-state index in [1.807, 2.05) is 13.0 Å². The third-order valence-corrected chi connectivity index (χ3v) is 5.72. The number of Topliss-reactive ketones (excluding diaryl/α,β-unsaturated/α-hetero) is 2. The van der Waals surface area contributed by atoms with Crippen LogP contribution in [0.25, 0.3) is 0 Å². The first kappa shape index (κ1) is 24.8. The average molecular weight is 393 g/mol. The molecule has 1 unspecified atom stereocenters. The van der Waals surface area contributed by atoms with Crippen molar-refractivity contribution in [2.24, 2.45) is 11.8 Å². The van der Waals surface area contributed by atoms with Gasteiger partial charge in [0.2, 0.25) is 0 Å². The molecule has 0 bridgehead atoms. The summed E-state index contributed by atoms with van der Waals surface area (Å²) < 4.78 is 0. The molecule has 2 N–H and O–H groups in total. The second kappa shape index (κ2) is 13.8. The van der Waals surface area contributed by atoms with E-state index in [0.717, 1.165) is 38.5 Å². The Morgan fingerprint density at radius 2 is 1.96 bits per heavy atom. The minimum Gasteiger partial charge on any atom is -0.390 e. The fourth-order valence-corrected chi connectivity index (χ4v) is 3.86. The van der Waals surface area contributed by atoms with Crippen LogP contribution in [0.5, 0.6) is 0 Å². The van der Waals surface area contributed by atoms with Gasteiger partial charge in [0, 0.05) is 18.8 Å². The summed E-state index contributed by atoms with van der Waals surface area (Å²) in [5, 5.41) is 19.2. The maximum Gasteiger partial charge on any atom is 0.158 e. The third-order valence-electron chi connectivity index (χ3n) is 5.72. The summed E-state index contributed by atoms with van der Waals surface area (Å²) in [6.45, 7) is 3.72. The maximum atomic E-state index is 12.2. The van der Waals surface area contributed by atoms with Gasteiger partial charge in [-0.3, -0.25) is 9.59 Å². The third kappa shape index (κ3) is 10.3. The molecule has 0 amide bonds. The van der Waals surface area contributed by atoms with Crippen molar-refractivity contribution in [1.29, 1.82) is 0 Å². The predicted molar refractivity (Wildman–Crippen MR) is 114 cm³/mol. The Morgan fingerprint density at radius 3 is 2.68 bits per heavy atom. The quantitative estimate of drug-likeness (QED) is 0.306. The zero-order valence-electron chi connectivity index (χ0n) is 17.9. The van der Waals surface area contributed by atoms with Crippen LogP contribution in [0.15, 0.2) is 24.3 Å². The molecule has 0 aromatic carbocycles. The second-order valence-electron chi connectivity index (χ2n) is 8.51. The minimum atomic E-state index is -0.658. The van der Waals surface area contributed by atoms with Crippen molar-refractivity contribution < 1.29 is 19.8 Å². The number of allylic oxidation sites excluding steroid dienone is 3. The van der Waals surface area contributed by atoms with Crippen LogP contribution in [0.1, 0.15) is 90.9 Å². The highest BCUT2D eigenvalue weighted by Crippen LogP contribution is 2.33. The van der Waals surface area contributed by atoms with E-state index in [1.165, 1.54) is 19.3 Å². The molecule has 0 heterocycles. The molecular formula is C24H40O4. The summed E-state index contributed by atoms with van der Waals surface area (Å²) in [5.41, 5.74) is -0.658. The number of ketones is 2. The van der Waals surface area contributed by atoms with Gasteiger partial charge in [0.15, 0.2) is 5.78 Å². The van der Waals surface area contributed by atoms with Crippen LogP contribution in [-0.2, 0) is 9.59 Å². The van der Waals surface area contributed by atoms with Crippen LogP contribution in [0.4, 0.5) is 0 Å². The molecule has 0 saturated heterocycles. The highest BCUT2D eigenvalue weighted by Gasteiger charge is 2.31. The van der Waals surface area contributed by atoms with E-state index in [4.69, 9.17) is 5.11 Å². The molecule has 0 radical (unpaired) electrons. The second-order valence-corrected chi connectivity index (χ2v) is 8.51. The molecule has 1 aliphatic rings. The van der Waals surface area contributed by atoms with E-state index in [1.54, 1.807) is 0 Å². The molecular weight excluding hydrogens is 352 g/mol. The molecule has 160 valence electrons. The van der Waals surface area contributed by atoms with E-state index >= 15 is 0 Å². The molecule has 1 aliphatic carbocycles. The molecule has 4 heteroatoms. The van der Waals surface area contributed by atoms with Crippen molar-refractivity contribution in [3.63, 3.8) is 0 Å². The van der Waals surface area contributed by atoms with Gasteiger partial charge in [0.05, 0.1) is 5.60 Å². The van der Waals surface area contributed by atoms with Gasteiger partial charge in [-0.15, -0.1) is 0 Å². The molecule has 0 aromatic rings. The average Bonchev–Trinajstić information content (AvgIpc) is 3.01. The van der Waals surface area contributed by atoms with Crippen molar-refractivity contribution in [2.45, 2.75) is 96.5 Å². The van der Waals surface area contributed by atoms with Crippen LogP contribution in [-0.4, -0.2) is 34.0 Å². The molecule has 0 spiro atoms. The van der Waals surface area contributed by atoms with E-state index in [0.29, 0.717) is 25.0 Å². The normalized spacial score (nSPS) is 22.4. The predicted octanol–water partition coefficient (Wildman–Crippen LogP) is 4.93. The SMILES string of the molecule is CCCCCCC(C)(O)CC=C[C@H]1CCC(=O)[C@@H]1CC=CCCCC(=O)CO. The van der Waals surface area contributed by atoms with E-state index in [2.05, 4.69) is 25.2 Å². The van der Waals surface area contributed by atoms with Crippen molar-refractivity contribution in [3.8, 4) is 0 Å². The lowest BCUT2D eigenvalue weighted by Crippen LogP contribution is -2.23. The van der Waals surface area contributed by atoms with Crippen molar-refractivity contribution in [3.05, 3.63) is 24.3 Å². The van der Waals surface area contributed by atoms with Gasteiger partial charge in [0.25, 0.3) is 0 Å². The topological polar surface area (TPSA) is 74.6 Å². The number of aliphatic hydroxyl groups is 2. The number of carbonyl (C=O) groups is 2. The van der Waals surface area contributed by atoms with Gasteiger partial charge >= 0.3 is 0 Å². The smallest absolute Gasteiger partial charge is 0.158 e. The summed E-state index contributed by atoms with van der Waals surface area (Å²) in [7, 11) is 0. The highest BCUT2D eigenvalue weighted by molar-refractivity contribution is 5.83. The van der Waals surface area contributed by atoms with E-state index in [9.17, 15) is 14.7 Å². The summed E-state index contributed by atoms with van der Waals surface area (Å²) >= 11 is 0. The van der Waals surface area contributed by atoms with Crippen LogP contribution in [0, 0.1) is 11.8 Å². The number of hydrogen-bond donors (Lipinski definition) is 2. The molecule has 0 aromatic heterocycles. The summed E-state index contributed by atoms with van der Waals surface area (Å²) in [5.74, 6) is 0.525. The Balaban J connectivity index is 2.37. The van der Waals surface area contributed by atoms with Gasteiger partial charge < -0.3 is 10.2 Å². The fourth-order valence-electron chi connectivity index (χ4n) is 3.86. The standard InChI is InChI=1S/C24H40O4/c1-3-4-5-10-17-24(2,28)18-11-12-20-15-16-23(27)22(20)14-9-7-6-8-13-21(26)19-25/h7,9,11-12,20,22,25,28H,3-6,8,10,13-19H2,1-2H3/t20-,22+,24?/m0/s1. The maximum absolute atomic E-state index is 12.2. The molecule has 1 rings (SSSR count). The molecule has 28 heavy (non-hydrogen) atoms. The van der Waals surface area contributed by atoms with Crippen molar-refractivity contribution in [1.82, 2.24) is 0 Å². The zero-order chi connectivity index (χ0) is 20.8. The lowest BCUT2D eigenvalue weighted by molar-refractivity contribution is -0.122. The number of carbonyl (C=O) groups excluding carboxylic acids is 2. The van der Waals surface area contributed by atoms with Crippen LogP contribution >= 0.6 is 0 Å². The molecule has 4 nitrogen and oxygen atoms in total. The van der Waals surface area contributed by atoms with E-state index < -0.39 is 5.60 Å². The van der Waals surface area contributed by atoms with Gasteiger partial charge in [-0.05, 0) is 51.4 Å². The summed E-state index contributed by atoms with van der Waals surface area (Å²) in [4.78, 5) is 23.3. The monoisotopic (exact) mass is 392 g/mol. The first-order chi connectivity index (χ1) is 13.4. The zero-order valence-corrected chi connectivity index (χ0v) is 17.9. The Hall–Kier alpha value is -1.26. The van der Waals surface area contributed by atoms with Gasteiger partial charge in [-0.25, -0.2) is 0 Å². The summed E-state index contributed by atoms with van der Waals surface area (Å²) in [6.07, 6.45) is 18.7. The van der Waals surface area contributed by atoms with Gasteiger partial charge in [-0.1, -0.05) is 56.9 Å². The summed E-state index contributed by atoms with van der Waals surface area (Å²) in [6, 6.07) is 0. The van der Waals surface area contributed by atoms with E-state index in [-0.39, 0.29) is 24.2 Å². The number of rotatable bonds is 15. The fraction of sp³-hybridized carbons (Fsp3) is 0.750. The Kier molecular flexibility index (Phi) is 12.2. The molecule has 0 aliphatic heterocycles. The molecule has 3 atom stereocenters. The largest absolute Gasteiger partial charge is 0.390 e. The van der Waals surface area contributed by atoms with Crippen molar-refractivity contribution >= 4 is 11.6 Å². The molecule has 1 fully saturated rings. The Morgan fingerprint density at radius 1 is 1.18 bits per heavy atom. The van der Waals surface area contributed by atoms with Crippen molar-refractivity contribution in [2.75, 3.05) is 6.61 Å².